The normalized spacial score (nSPS) is 18.3. The van der Waals surface area contributed by atoms with Crippen molar-refractivity contribution in [2.24, 2.45) is 0 Å². The van der Waals surface area contributed by atoms with Gasteiger partial charge in [-0.1, -0.05) is 6.07 Å². The first-order chi connectivity index (χ1) is 9.22. The van der Waals surface area contributed by atoms with Crippen LogP contribution < -0.4 is 5.32 Å². The van der Waals surface area contributed by atoms with Gasteiger partial charge in [-0.3, -0.25) is 0 Å². The average molecular weight is 258 g/mol. The molecule has 19 heavy (non-hydrogen) atoms. The third kappa shape index (κ3) is 2.63. The van der Waals surface area contributed by atoms with Gasteiger partial charge in [0, 0.05) is 6.04 Å². The number of nitrogens with one attached hydrogen (secondary N) is 1. The van der Waals surface area contributed by atoms with E-state index in [4.69, 9.17) is 4.42 Å². The predicted molar refractivity (Wildman–Crippen MR) is 71.9 cm³/mol. The molecule has 1 atom stereocenters. The van der Waals surface area contributed by atoms with E-state index in [1.165, 1.54) is 11.1 Å². The summed E-state index contributed by atoms with van der Waals surface area (Å²) in [5, 5.41) is 13.0. The Morgan fingerprint density at radius 1 is 1.47 bits per heavy atom. The van der Waals surface area contributed by atoms with Gasteiger partial charge in [-0.25, -0.2) is 4.98 Å². The van der Waals surface area contributed by atoms with Gasteiger partial charge in [-0.2, -0.15) is 0 Å². The maximum absolute atomic E-state index is 9.54. The predicted octanol–water partition coefficient (Wildman–Crippen LogP) is 2.86. The molecule has 0 bridgehead atoms. The van der Waals surface area contributed by atoms with Gasteiger partial charge in [0.1, 0.15) is 11.5 Å². The van der Waals surface area contributed by atoms with Crippen molar-refractivity contribution in [3.63, 3.8) is 0 Å². The van der Waals surface area contributed by atoms with Crippen LogP contribution in [0.1, 0.15) is 41.7 Å². The topological polar surface area (TPSA) is 58.3 Å². The highest BCUT2D eigenvalue weighted by Gasteiger charge is 2.20. The minimum Gasteiger partial charge on any atom is -0.508 e. The maximum atomic E-state index is 9.54. The second-order valence-corrected chi connectivity index (χ2v) is 5.07. The highest BCUT2D eigenvalue weighted by atomic mass is 16.4. The minimum absolute atomic E-state index is 0.316. The van der Waals surface area contributed by atoms with Crippen molar-refractivity contribution in [3.8, 4) is 5.75 Å². The number of nitrogens with zero attached hydrogens (tertiary/aromatic N) is 1. The van der Waals surface area contributed by atoms with Crippen molar-refractivity contribution >= 4 is 0 Å². The first kappa shape index (κ1) is 12.2. The Balaban J connectivity index is 1.73. The molecule has 0 saturated carbocycles. The SMILES string of the molecule is Cc1cnc(CNC2CCCc3cc(O)ccc32)o1. The van der Waals surface area contributed by atoms with Crippen LogP contribution in [0.15, 0.2) is 28.8 Å². The third-order valence-electron chi connectivity index (χ3n) is 3.61. The zero-order valence-corrected chi connectivity index (χ0v) is 11.0. The summed E-state index contributed by atoms with van der Waals surface area (Å²) < 4.78 is 5.47. The first-order valence-electron chi connectivity index (χ1n) is 6.69. The van der Waals surface area contributed by atoms with Crippen molar-refractivity contribution < 1.29 is 9.52 Å². The van der Waals surface area contributed by atoms with Crippen molar-refractivity contribution in [2.45, 2.75) is 38.8 Å². The summed E-state index contributed by atoms with van der Waals surface area (Å²) in [5.74, 6) is 1.91. The molecule has 1 heterocycles. The van der Waals surface area contributed by atoms with Crippen LogP contribution in [0.25, 0.3) is 0 Å². The van der Waals surface area contributed by atoms with Gasteiger partial charge >= 0.3 is 0 Å². The van der Waals surface area contributed by atoms with E-state index < -0.39 is 0 Å². The molecule has 0 spiro atoms. The highest BCUT2D eigenvalue weighted by Crippen LogP contribution is 2.31. The monoisotopic (exact) mass is 258 g/mol. The molecule has 0 saturated heterocycles. The molecule has 0 amide bonds. The van der Waals surface area contributed by atoms with Crippen molar-refractivity contribution in [1.82, 2.24) is 10.3 Å². The van der Waals surface area contributed by atoms with Gasteiger partial charge in [-0.15, -0.1) is 0 Å². The van der Waals surface area contributed by atoms with Crippen LogP contribution in [0.4, 0.5) is 0 Å². The first-order valence-corrected chi connectivity index (χ1v) is 6.69. The molecule has 4 heteroatoms. The molecule has 3 rings (SSSR count). The molecule has 1 aliphatic rings. The van der Waals surface area contributed by atoms with Gasteiger partial charge < -0.3 is 14.8 Å². The van der Waals surface area contributed by atoms with Crippen LogP contribution in [0.2, 0.25) is 0 Å². The maximum Gasteiger partial charge on any atom is 0.208 e. The Morgan fingerprint density at radius 2 is 2.37 bits per heavy atom. The smallest absolute Gasteiger partial charge is 0.208 e. The van der Waals surface area contributed by atoms with Gasteiger partial charge in [-0.05, 0) is 49.4 Å². The molecule has 100 valence electrons. The number of hydrogen-bond donors (Lipinski definition) is 2. The molecule has 1 aromatic carbocycles. The summed E-state index contributed by atoms with van der Waals surface area (Å²) in [5.41, 5.74) is 2.53. The lowest BCUT2D eigenvalue weighted by molar-refractivity contribution is 0.399. The lowest BCUT2D eigenvalue weighted by atomic mass is 9.87. The fraction of sp³-hybridized carbons (Fsp3) is 0.400. The second kappa shape index (κ2) is 5.05. The fourth-order valence-electron chi connectivity index (χ4n) is 2.71. The Labute approximate surface area is 112 Å². The van der Waals surface area contributed by atoms with Gasteiger partial charge in [0.05, 0.1) is 12.7 Å². The number of hydrogen-bond acceptors (Lipinski definition) is 4. The van der Waals surface area contributed by atoms with E-state index in [2.05, 4.69) is 10.3 Å². The number of aromatic nitrogens is 1. The standard InChI is InChI=1S/C15H18N2O2/c1-10-8-17-15(19-10)9-16-14-4-2-3-11-7-12(18)5-6-13(11)14/h5-8,14,16,18H,2-4,9H2,1H3. The Morgan fingerprint density at radius 3 is 3.16 bits per heavy atom. The quantitative estimate of drug-likeness (QED) is 0.888. The van der Waals surface area contributed by atoms with Gasteiger partial charge in [0.2, 0.25) is 5.89 Å². The van der Waals surface area contributed by atoms with E-state index in [0.29, 0.717) is 18.3 Å². The lowest BCUT2D eigenvalue weighted by Gasteiger charge is -2.26. The molecular weight excluding hydrogens is 240 g/mol. The molecule has 1 aliphatic carbocycles. The number of oxazole rings is 1. The van der Waals surface area contributed by atoms with Crippen LogP contribution in [0, 0.1) is 6.92 Å². The van der Waals surface area contributed by atoms with Crippen molar-refractivity contribution in [3.05, 3.63) is 47.2 Å². The second-order valence-electron chi connectivity index (χ2n) is 5.07. The van der Waals surface area contributed by atoms with E-state index >= 15 is 0 Å². The molecule has 4 nitrogen and oxygen atoms in total. The minimum atomic E-state index is 0.316. The van der Waals surface area contributed by atoms with Crippen LogP contribution in [-0.4, -0.2) is 10.1 Å². The van der Waals surface area contributed by atoms with Crippen LogP contribution in [0.3, 0.4) is 0 Å². The molecule has 2 aromatic rings. The molecule has 2 N–H and O–H groups in total. The van der Waals surface area contributed by atoms with E-state index in [0.717, 1.165) is 30.9 Å². The van der Waals surface area contributed by atoms with Crippen LogP contribution in [0.5, 0.6) is 5.75 Å². The Bertz CT molecular complexity index is 577. The average Bonchev–Trinajstić information content (AvgIpc) is 2.81. The van der Waals surface area contributed by atoms with Gasteiger partial charge in [0.15, 0.2) is 0 Å². The number of phenols is 1. The van der Waals surface area contributed by atoms with E-state index in [-0.39, 0.29) is 0 Å². The lowest BCUT2D eigenvalue weighted by Crippen LogP contribution is -2.24. The summed E-state index contributed by atoms with van der Waals surface area (Å²) in [6.07, 6.45) is 5.03. The summed E-state index contributed by atoms with van der Waals surface area (Å²) in [7, 11) is 0. The van der Waals surface area contributed by atoms with Crippen LogP contribution in [-0.2, 0) is 13.0 Å². The fourth-order valence-corrected chi connectivity index (χ4v) is 2.71. The number of rotatable bonds is 3. The summed E-state index contributed by atoms with van der Waals surface area (Å²) in [6, 6.07) is 5.96. The molecular formula is C15H18N2O2. The number of benzene rings is 1. The summed E-state index contributed by atoms with van der Waals surface area (Å²) in [6.45, 7) is 2.54. The molecule has 0 fully saturated rings. The summed E-state index contributed by atoms with van der Waals surface area (Å²) in [4.78, 5) is 4.20. The molecule has 0 aliphatic heterocycles. The Kier molecular flexibility index (Phi) is 3.25. The molecule has 1 aromatic heterocycles. The van der Waals surface area contributed by atoms with E-state index in [1.807, 2.05) is 19.1 Å². The number of aryl methyl sites for hydroxylation is 2. The number of fused-ring (bicyclic) bond motifs is 1. The Hall–Kier alpha value is -1.81. The van der Waals surface area contributed by atoms with Crippen LogP contribution >= 0.6 is 0 Å². The summed E-state index contributed by atoms with van der Waals surface area (Å²) >= 11 is 0. The largest absolute Gasteiger partial charge is 0.508 e. The zero-order valence-electron chi connectivity index (χ0n) is 11.0. The number of aromatic hydroxyl groups is 1. The number of phenolic OH excluding ortho intramolecular Hbond substituents is 1. The zero-order chi connectivity index (χ0) is 13.2. The molecule has 1 unspecified atom stereocenters. The van der Waals surface area contributed by atoms with E-state index in [9.17, 15) is 5.11 Å². The molecule has 0 radical (unpaired) electrons. The third-order valence-corrected chi connectivity index (χ3v) is 3.61. The van der Waals surface area contributed by atoms with Crippen molar-refractivity contribution in [2.75, 3.05) is 0 Å². The van der Waals surface area contributed by atoms with Crippen molar-refractivity contribution in [1.29, 1.82) is 0 Å². The highest BCUT2D eigenvalue weighted by molar-refractivity contribution is 5.38. The van der Waals surface area contributed by atoms with Gasteiger partial charge in [0.25, 0.3) is 0 Å². The van der Waals surface area contributed by atoms with E-state index in [1.54, 1.807) is 12.3 Å².